The van der Waals surface area contributed by atoms with Gasteiger partial charge in [-0.25, -0.2) is 0 Å². The molecule has 5 heterocycles. The number of carbonyl (C=O) groups is 3. The fourth-order valence-electron chi connectivity index (χ4n) is 5.21. The normalized spacial score (nSPS) is 22.5. The van der Waals surface area contributed by atoms with Crippen molar-refractivity contribution in [3.63, 3.8) is 0 Å². The summed E-state index contributed by atoms with van der Waals surface area (Å²) >= 11 is 0. The van der Waals surface area contributed by atoms with Gasteiger partial charge in [-0.05, 0) is 54.3 Å². The highest BCUT2D eigenvalue weighted by Gasteiger charge is 2.39. The molecule has 35 heavy (non-hydrogen) atoms. The van der Waals surface area contributed by atoms with Gasteiger partial charge < -0.3 is 9.64 Å². The molecule has 3 aromatic rings. The van der Waals surface area contributed by atoms with Crippen molar-refractivity contribution < 1.29 is 19.1 Å². The number of benzene rings is 1. The lowest BCUT2D eigenvalue weighted by molar-refractivity contribution is -0.136. The zero-order chi connectivity index (χ0) is 23.9. The van der Waals surface area contributed by atoms with E-state index in [2.05, 4.69) is 26.3 Å². The number of fused-ring (bicyclic) bond motifs is 2. The SMILES string of the molecule is O=C1CCC(N2Cc3cc(O[C@H]4CCN(Cc5cnc6cnccc6c5)C4)ccc3C2=O)C(=O)N1. The standard InChI is InChI=1S/C26H25N5O4/c32-24-4-3-23(25(33)29-24)31-14-18-10-19(1-2-21(18)26(31)34)35-20-6-8-30(15-20)13-16-9-17-5-7-27-12-22(17)28-11-16/h1-2,5,7,9-12,20,23H,3-4,6,8,13-15H2,(H,29,32,33)/t20-,23?/m0/s1. The number of nitrogens with zero attached hydrogens (tertiary/aromatic N) is 4. The van der Waals surface area contributed by atoms with Gasteiger partial charge in [0.15, 0.2) is 0 Å². The van der Waals surface area contributed by atoms with Crippen LogP contribution < -0.4 is 10.1 Å². The largest absolute Gasteiger partial charge is 0.489 e. The number of hydrogen-bond donors (Lipinski definition) is 1. The Labute approximate surface area is 202 Å². The molecule has 0 spiro atoms. The molecule has 1 aromatic carbocycles. The minimum absolute atomic E-state index is 0.0639. The second-order valence-corrected chi connectivity index (χ2v) is 9.39. The molecule has 2 aromatic heterocycles. The van der Waals surface area contributed by atoms with Gasteiger partial charge in [0.1, 0.15) is 17.9 Å². The molecule has 9 nitrogen and oxygen atoms in total. The number of carbonyl (C=O) groups excluding carboxylic acids is 3. The maximum absolute atomic E-state index is 12.9. The number of likely N-dealkylation sites (tertiary alicyclic amines) is 1. The van der Waals surface area contributed by atoms with Gasteiger partial charge in [0, 0.05) is 55.9 Å². The van der Waals surface area contributed by atoms with Gasteiger partial charge in [-0.3, -0.25) is 34.6 Å². The third-order valence-electron chi connectivity index (χ3n) is 6.98. The van der Waals surface area contributed by atoms with Crippen LogP contribution in [0.1, 0.15) is 40.7 Å². The third-order valence-corrected chi connectivity index (χ3v) is 6.98. The van der Waals surface area contributed by atoms with Crippen LogP contribution in [0.4, 0.5) is 0 Å². The molecular formula is C26H25N5O4. The Balaban J connectivity index is 1.08. The van der Waals surface area contributed by atoms with Crippen molar-refractivity contribution in [3.8, 4) is 5.75 Å². The first-order valence-corrected chi connectivity index (χ1v) is 11.9. The Bertz CT molecular complexity index is 1340. The quantitative estimate of drug-likeness (QED) is 0.568. The first-order chi connectivity index (χ1) is 17.0. The Morgan fingerprint density at radius 2 is 2.00 bits per heavy atom. The predicted octanol–water partition coefficient (Wildman–Crippen LogP) is 2.04. The first kappa shape index (κ1) is 21.7. The minimum Gasteiger partial charge on any atom is -0.489 e. The number of hydrogen-bond acceptors (Lipinski definition) is 7. The zero-order valence-electron chi connectivity index (χ0n) is 19.1. The minimum atomic E-state index is -0.610. The summed E-state index contributed by atoms with van der Waals surface area (Å²) in [5.41, 5.74) is 3.50. The molecule has 178 valence electrons. The highest BCUT2D eigenvalue weighted by Crippen LogP contribution is 2.31. The van der Waals surface area contributed by atoms with Crippen LogP contribution in [0.5, 0.6) is 5.75 Å². The second kappa shape index (κ2) is 8.74. The summed E-state index contributed by atoms with van der Waals surface area (Å²) in [4.78, 5) is 49.1. The van der Waals surface area contributed by atoms with Gasteiger partial charge in [-0.15, -0.1) is 0 Å². The van der Waals surface area contributed by atoms with Gasteiger partial charge in [-0.2, -0.15) is 0 Å². The van der Waals surface area contributed by atoms with E-state index in [0.29, 0.717) is 18.5 Å². The van der Waals surface area contributed by atoms with Gasteiger partial charge in [-0.1, -0.05) is 0 Å². The van der Waals surface area contributed by atoms with Crippen molar-refractivity contribution in [3.05, 3.63) is 65.6 Å². The molecule has 9 heteroatoms. The van der Waals surface area contributed by atoms with E-state index < -0.39 is 11.9 Å². The van der Waals surface area contributed by atoms with E-state index in [0.717, 1.165) is 53.8 Å². The van der Waals surface area contributed by atoms with Crippen LogP contribution in [0, 0.1) is 0 Å². The summed E-state index contributed by atoms with van der Waals surface area (Å²) in [5, 5.41) is 3.42. The maximum atomic E-state index is 12.9. The van der Waals surface area contributed by atoms with Crippen LogP contribution in [0.2, 0.25) is 0 Å². The van der Waals surface area contributed by atoms with E-state index >= 15 is 0 Å². The number of amides is 3. The summed E-state index contributed by atoms with van der Waals surface area (Å²) in [7, 11) is 0. The maximum Gasteiger partial charge on any atom is 0.255 e. The van der Waals surface area contributed by atoms with Crippen molar-refractivity contribution in [2.75, 3.05) is 13.1 Å². The van der Waals surface area contributed by atoms with Crippen LogP contribution in [-0.4, -0.2) is 62.7 Å². The summed E-state index contributed by atoms with van der Waals surface area (Å²) in [6.45, 7) is 2.90. The van der Waals surface area contributed by atoms with Crippen molar-refractivity contribution in [1.29, 1.82) is 0 Å². The van der Waals surface area contributed by atoms with E-state index in [1.165, 1.54) is 0 Å². The monoisotopic (exact) mass is 471 g/mol. The molecule has 6 rings (SSSR count). The summed E-state index contributed by atoms with van der Waals surface area (Å²) in [5.74, 6) is -0.129. The number of piperidine rings is 1. The van der Waals surface area contributed by atoms with Crippen molar-refractivity contribution in [2.45, 2.75) is 44.5 Å². The Morgan fingerprint density at radius 1 is 1.09 bits per heavy atom. The Hall–Kier alpha value is -3.85. The van der Waals surface area contributed by atoms with E-state index in [1.54, 1.807) is 23.4 Å². The number of rotatable bonds is 5. The Morgan fingerprint density at radius 3 is 2.89 bits per heavy atom. The van der Waals surface area contributed by atoms with Crippen LogP contribution in [-0.2, 0) is 22.7 Å². The number of aromatic nitrogens is 2. The van der Waals surface area contributed by atoms with E-state index in [9.17, 15) is 14.4 Å². The molecule has 0 radical (unpaired) electrons. The molecule has 2 atom stereocenters. The first-order valence-electron chi connectivity index (χ1n) is 11.9. The van der Waals surface area contributed by atoms with Gasteiger partial charge in [0.05, 0.1) is 11.7 Å². The van der Waals surface area contributed by atoms with Crippen LogP contribution in [0.3, 0.4) is 0 Å². The Kier molecular flexibility index (Phi) is 5.41. The molecule has 3 amide bonds. The molecule has 0 aliphatic carbocycles. The van der Waals surface area contributed by atoms with Gasteiger partial charge in [0.25, 0.3) is 5.91 Å². The number of pyridine rings is 2. The van der Waals surface area contributed by atoms with Crippen LogP contribution in [0.15, 0.2) is 48.9 Å². The van der Waals surface area contributed by atoms with Gasteiger partial charge >= 0.3 is 0 Å². The second-order valence-electron chi connectivity index (χ2n) is 9.39. The summed E-state index contributed by atoms with van der Waals surface area (Å²) in [6.07, 6.45) is 7.04. The fourth-order valence-corrected chi connectivity index (χ4v) is 5.21. The smallest absolute Gasteiger partial charge is 0.255 e. The van der Waals surface area contributed by atoms with Crippen molar-refractivity contribution >= 4 is 28.6 Å². The summed E-state index contributed by atoms with van der Waals surface area (Å²) in [6, 6.07) is 9.03. The van der Waals surface area contributed by atoms with E-state index in [-0.39, 0.29) is 24.3 Å². The highest BCUT2D eigenvalue weighted by molar-refractivity contribution is 6.05. The van der Waals surface area contributed by atoms with Gasteiger partial charge in [0.2, 0.25) is 11.8 Å². The molecule has 1 unspecified atom stereocenters. The van der Waals surface area contributed by atoms with Crippen LogP contribution in [0.25, 0.3) is 10.9 Å². The third kappa shape index (κ3) is 4.23. The molecule has 1 N–H and O–H groups in total. The average molecular weight is 472 g/mol. The fraction of sp³-hybridized carbons (Fsp3) is 0.346. The molecule has 3 aliphatic rings. The zero-order valence-corrected chi connectivity index (χ0v) is 19.1. The number of ether oxygens (including phenoxy) is 1. The molecule has 2 fully saturated rings. The summed E-state index contributed by atoms with van der Waals surface area (Å²) < 4.78 is 6.27. The average Bonchev–Trinajstić information content (AvgIpc) is 3.42. The molecule has 2 saturated heterocycles. The molecule has 3 aliphatic heterocycles. The number of nitrogens with one attached hydrogen (secondary N) is 1. The van der Waals surface area contributed by atoms with Crippen LogP contribution >= 0.6 is 0 Å². The lowest BCUT2D eigenvalue weighted by atomic mass is 10.0. The molecule has 0 bridgehead atoms. The van der Waals surface area contributed by atoms with Crippen molar-refractivity contribution in [1.82, 2.24) is 25.1 Å². The lowest BCUT2D eigenvalue weighted by Crippen LogP contribution is -2.52. The highest BCUT2D eigenvalue weighted by atomic mass is 16.5. The number of imide groups is 1. The van der Waals surface area contributed by atoms with Crippen molar-refractivity contribution in [2.24, 2.45) is 0 Å². The molecule has 0 saturated carbocycles. The molecular weight excluding hydrogens is 446 g/mol. The predicted molar refractivity (Wildman–Crippen MR) is 126 cm³/mol. The lowest BCUT2D eigenvalue weighted by Gasteiger charge is -2.29. The van der Waals surface area contributed by atoms with E-state index in [1.807, 2.05) is 24.4 Å². The van der Waals surface area contributed by atoms with E-state index in [4.69, 9.17) is 4.74 Å². The topological polar surface area (TPSA) is 105 Å².